The van der Waals surface area contributed by atoms with Crippen LogP contribution in [-0.2, 0) is 4.74 Å². The third-order valence-corrected chi connectivity index (χ3v) is 3.24. The number of rotatable bonds is 5. The van der Waals surface area contributed by atoms with Crippen molar-refractivity contribution in [1.29, 1.82) is 0 Å². The van der Waals surface area contributed by atoms with Gasteiger partial charge in [0, 0.05) is 33.3 Å². The third kappa shape index (κ3) is 4.38. The second-order valence-electron chi connectivity index (χ2n) is 4.68. The first-order valence-corrected chi connectivity index (χ1v) is 6.32. The van der Waals surface area contributed by atoms with Crippen molar-refractivity contribution < 1.29 is 9.53 Å². The molecule has 0 atom stereocenters. The lowest BCUT2D eigenvalue weighted by atomic mass is 10.00. The molecule has 2 amide bonds. The number of ether oxygens (including phenoxy) is 1. The average molecular weight is 240 g/mol. The molecule has 0 aromatic rings. The van der Waals surface area contributed by atoms with Crippen molar-refractivity contribution in [1.82, 2.24) is 9.80 Å². The standard InChI is InChI=1S/C13H24N2O2/c1-4-7-14(10-11-17-3)13(16)15-8-5-12(2)6-9-15/h4,12H,1,5-11H2,2-3H3. The minimum atomic E-state index is 0.119. The molecule has 4 nitrogen and oxygen atoms in total. The number of likely N-dealkylation sites (tertiary alicyclic amines) is 1. The Balaban J connectivity index is 2.48. The highest BCUT2D eigenvalue weighted by Crippen LogP contribution is 2.17. The molecule has 98 valence electrons. The van der Waals surface area contributed by atoms with E-state index in [9.17, 15) is 4.79 Å². The molecule has 0 aliphatic carbocycles. The number of carbonyl (C=O) groups excluding carboxylic acids is 1. The van der Waals surface area contributed by atoms with Crippen molar-refractivity contribution in [2.45, 2.75) is 19.8 Å². The van der Waals surface area contributed by atoms with Gasteiger partial charge < -0.3 is 14.5 Å². The maximum absolute atomic E-state index is 12.2. The zero-order valence-electron chi connectivity index (χ0n) is 11.0. The summed E-state index contributed by atoms with van der Waals surface area (Å²) in [5.41, 5.74) is 0. The van der Waals surface area contributed by atoms with Gasteiger partial charge in [0.05, 0.1) is 6.61 Å². The van der Waals surface area contributed by atoms with E-state index in [0.717, 1.165) is 31.8 Å². The molecule has 0 N–H and O–H groups in total. The smallest absolute Gasteiger partial charge is 0.320 e. The quantitative estimate of drug-likeness (QED) is 0.688. The van der Waals surface area contributed by atoms with Gasteiger partial charge in [0.2, 0.25) is 0 Å². The van der Waals surface area contributed by atoms with Gasteiger partial charge in [-0.2, -0.15) is 0 Å². The molecule has 1 aliphatic rings. The summed E-state index contributed by atoms with van der Waals surface area (Å²) in [4.78, 5) is 16.0. The minimum Gasteiger partial charge on any atom is -0.383 e. The van der Waals surface area contributed by atoms with Gasteiger partial charge in [0.15, 0.2) is 0 Å². The van der Waals surface area contributed by atoms with E-state index in [-0.39, 0.29) is 6.03 Å². The van der Waals surface area contributed by atoms with E-state index >= 15 is 0 Å². The van der Waals surface area contributed by atoms with E-state index in [1.165, 1.54) is 0 Å². The molecule has 1 heterocycles. The molecule has 1 rings (SSSR count). The maximum Gasteiger partial charge on any atom is 0.320 e. The molecule has 17 heavy (non-hydrogen) atoms. The Morgan fingerprint density at radius 3 is 2.71 bits per heavy atom. The van der Waals surface area contributed by atoms with Crippen molar-refractivity contribution in [3.05, 3.63) is 12.7 Å². The second kappa shape index (κ2) is 7.33. The van der Waals surface area contributed by atoms with E-state index in [1.54, 1.807) is 18.1 Å². The van der Waals surface area contributed by atoms with E-state index in [4.69, 9.17) is 4.74 Å². The molecule has 0 aromatic carbocycles. The molecule has 1 fully saturated rings. The third-order valence-electron chi connectivity index (χ3n) is 3.24. The Labute approximate surface area is 104 Å². The summed E-state index contributed by atoms with van der Waals surface area (Å²) in [5.74, 6) is 0.742. The summed E-state index contributed by atoms with van der Waals surface area (Å²) in [6.45, 7) is 9.49. The van der Waals surface area contributed by atoms with Crippen LogP contribution in [0.1, 0.15) is 19.8 Å². The number of hydrogen-bond acceptors (Lipinski definition) is 2. The van der Waals surface area contributed by atoms with Crippen molar-refractivity contribution in [2.75, 3.05) is 39.9 Å². The Morgan fingerprint density at radius 1 is 1.53 bits per heavy atom. The first kappa shape index (κ1) is 14.0. The lowest BCUT2D eigenvalue weighted by Gasteiger charge is -2.34. The monoisotopic (exact) mass is 240 g/mol. The Morgan fingerprint density at radius 2 is 2.18 bits per heavy atom. The van der Waals surface area contributed by atoms with Crippen LogP contribution in [0.5, 0.6) is 0 Å². The fourth-order valence-corrected chi connectivity index (χ4v) is 2.02. The van der Waals surface area contributed by atoms with Gasteiger partial charge in [0.1, 0.15) is 0 Å². The van der Waals surface area contributed by atoms with E-state index < -0.39 is 0 Å². The van der Waals surface area contributed by atoms with E-state index in [0.29, 0.717) is 19.7 Å². The first-order valence-electron chi connectivity index (χ1n) is 6.32. The highest BCUT2D eigenvalue weighted by molar-refractivity contribution is 5.74. The SMILES string of the molecule is C=CCN(CCOC)C(=O)N1CCC(C)CC1. The molecule has 1 aliphatic heterocycles. The lowest BCUT2D eigenvalue weighted by Crippen LogP contribution is -2.47. The van der Waals surface area contributed by atoms with Crippen molar-refractivity contribution in [3.63, 3.8) is 0 Å². The fourth-order valence-electron chi connectivity index (χ4n) is 2.02. The van der Waals surface area contributed by atoms with Crippen LogP contribution in [0.4, 0.5) is 4.79 Å². The minimum absolute atomic E-state index is 0.119. The predicted molar refractivity (Wildman–Crippen MR) is 69.0 cm³/mol. The summed E-state index contributed by atoms with van der Waals surface area (Å²) in [7, 11) is 1.65. The number of carbonyl (C=O) groups is 1. The molecule has 0 unspecified atom stereocenters. The molecule has 0 aromatic heterocycles. The number of urea groups is 1. The van der Waals surface area contributed by atoms with Gasteiger partial charge in [-0.1, -0.05) is 13.0 Å². The highest BCUT2D eigenvalue weighted by atomic mass is 16.5. The van der Waals surface area contributed by atoms with Gasteiger partial charge >= 0.3 is 6.03 Å². The zero-order valence-corrected chi connectivity index (χ0v) is 11.0. The van der Waals surface area contributed by atoms with Crippen LogP contribution in [0.2, 0.25) is 0 Å². The van der Waals surface area contributed by atoms with Gasteiger partial charge in [-0.25, -0.2) is 4.79 Å². The second-order valence-corrected chi connectivity index (χ2v) is 4.68. The molecule has 0 saturated carbocycles. The summed E-state index contributed by atoms with van der Waals surface area (Å²) in [6.07, 6.45) is 3.98. The lowest BCUT2D eigenvalue weighted by molar-refractivity contribution is 0.118. The molecule has 0 spiro atoms. The number of hydrogen-bond donors (Lipinski definition) is 0. The fraction of sp³-hybridized carbons (Fsp3) is 0.769. The zero-order chi connectivity index (χ0) is 12.7. The molecule has 4 heteroatoms. The van der Waals surface area contributed by atoms with Crippen LogP contribution in [0.15, 0.2) is 12.7 Å². The Kier molecular flexibility index (Phi) is 6.05. The molecule has 0 bridgehead atoms. The van der Waals surface area contributed by atoms with Crippen molar-refractivity contribution in [2.24, 2.45) is 5.92 Å². The maximum atomic E-state index is 12.2. The van der Waals surface area contributed by atoms with Crippen LogP contribution < -0.4 is 0 Å². The van der Waals surface area contributed by atoms with Crippen LogP contribution >= 0.6 is 0 Å². The van der Waals surface area contributed by atoms with Crippen molar-refractivity contribution in [3.8, 4) is 0 Å². The topological polar surface area (TPSA) is 32.8 Å². The largest absolute Gasteiger partial charge is 0.383 e. The van der Waals surface area contributed by atoms with Crippen LogP contribution in [0.25, 0.3) is 0 Å². The Bertz CT molecular complexity index is 248. The predicted octanol–water partition coefficient (Wildman–Crippen LogP) is 1.97. The molecular formula is C13H24N2O2. The van der Waals surface area contributed by atoms with Crippen LogP contribution in [0, 0.1) is 5.92 Å². The van der Waals surface area contributed by atoms with E-state index in [1.807, 2.05) is 4.90 Å². The molecule has 1 saturated heterocycles. The normalized spacial score (nSPS) is 16.9. The summed E-state index contributed by atoms with van der Waals surface area (Å²) in [6, 6.07) is 0.119. The summed E-state index contributed by atoms with van der Waals surface area (Å²) in [5, 5.41) is 0. The highest BCUT2D eigenvalue weighted by Gasteiger charge is 2.23. The number of nitrogens with zero attached hydrogens (tertiary/aromatic N) is 2. The van der Waals surface area contributed by atoms with Gasteiger partial charge in [0.25, 0.3) is 0 Å². The molecule has 0 radical (unpaired) electrons. The first-order chi connectivity index (χ1) is 8.19. The summed E-state index contributed by atoms with van der Waals surface area (Å²) < 4.78 is 5.03. The summed E-state index contributed by atoms with van der Waals surface area (Å²) >= 11 is 0. The van der Waals surface area contributed by atoms with Gasteiger partial charge in [-0.15, -0.1) is 6.58 Å². The number of piperidine rings is 1. The number of methoxy groups -OCH3 is 1. The van der Waals surface area contributed by atoms with Gasteiger partial charge in [-0.3, -0.25) is 0 Å². The van der Waals surface area contributed by atoms with Crippen LogP contribution in [-0.4, -0.2) is 55.7 Å². The molecular weight excluding hydrogens is 216 g/mol. The Hall–Kier alpha value is -1.03. The van der Waals surface area contributed by atoms with Gasteiger partial charge in [-0.05, 0) is 18.8 Å². The van der Waals surface area contributed by atoms with Crippen molar-refractivity contribution >= 4 is 6.03 Å². The van der Waals surface area contributed by atoms with Crippen LogP contribution in [0.3, 0.4) is 0 Å². The average Bonchev–Trinajstić information content (AvgIpc) is 2.34. The van der Waals surface area contributed by atoms with E-state index in [2.05, 4.69) is 13.5 Å². The number of amides is 2.